The molecule has 1 saturated heterocycles. The van der Waals surface area contributed by atoms with Crippen LogP contribution in [0.4, 0.5) is 10.5 Å². The summed E-state index contributed by atoms with van der Waals surface area (Å²) in [6, 6.07) is 4.28. The third-order valence-electron chi connectivity index (χ3n) is 3.80. The number of nitro groups is 1. The minimum atomic E-state index is -0.539. The third kappa shape index (κ3) is 4.16. The first-order valence-electron chi connectivity index (χ1n) is 8.27. The number of carbonyl (C=O) groups is 1. The summed E-state index contributed by atoms with van der Waals surface area (Å²) in [6.45, 7) is 6.43. The monoisotopic (exact) mass is 360 g/mol. The predicted molar refractivity (Wildman–Crippen MR) is 93.0 cm³/mol. The lowest BCUT2D eigenvalue weighted by atomic mass is 10.2. The Bertz CT molecular complexity index is 849. The van der Waals surface area contributed by atoms with E-state index in [-0.39, 0.29) is 17.9 Å². The molecule has 0 aliphatic carbocycles. The van der Waals surface area contributed by atoms with Crippen LogP contribution in [0.2, 0.25) is 0 Å². The van der Waals surface area contributed by atoms with Gasteiger partial charge in [-0.25, -0.2) is 14.8 Å². The SMILES string of the molecule is CC(C)(C)OC(=O)N1CC[C@H](Oc2cnc3cc([N+](=O)[O-])ccc3n2)C1. The Morgan fingerprint density at radius 3 is 2.81 bits per heavy atom. The van der Waals surface area contributed by atoms with E-state index in [1.165, 1.54) is 24.4 Å². The van der Waals surface area contributed by atoms with E-state index < -0.39 is 10.5 Å². The number of fused-ring (bicyclic) bond motifs is 1. The van der Waals surface area contributed by atoms with Gasteiger partial charge in [0.25, 0.3) is 5.69 Å². The number of non-ortho nitro benzene ring substituents is 1. The molecule has 1 aliphatic rings. The smallest absolute Gasteiger partial charge is 0.410 e. The highest BCUT2D eigenvalue weighted by Gasteiger charge is 2.31. The Hall–Kier alpha value is -2.97. The molecule has 1 fully saturated rings. The first kappa shape index (κ1) is 17.8. The van der Waals surface area contributed by atoms with Gasteiger partial charge in [-0.2, -0.15) is 0 Å². The van der Waals surface area contributed by atoms with Gasteiger partial charge in [0.2, 0.25) is 5.88 Å². The van der Waals surface area contributed by atoms with Gasteiger partial charge in [-0.3, -0.25) is 10.1 Å². The maximum atomic E-state index is 12.1. The van der Waals surface area contributed by atoms with Crippen molar-refractivity contribution in [1.29, 1.82) is 0 Å². The summed E-state index contributed by atoms with van der Waals surface area (Å²) in [5.74, 6) is 0.322. The number of nitro benzene ring substituents is 1. The Morgan fingerprint density at radius 2 is 2.12 bits per heavy atom. The van der Waals surface area contributed by atoms with E-state index in [0.29, 0.717) is 36.4 Å². The molecule has 1 aromatic heterocycles. The molecule has 2 aromatic rings. The third-order valence-corrected chi connectivity index (χ3v) is 3.80. The van der Waals surface area contributed by atoms with Crippen LogP contribution in [-0.2, 0) is 4.74 Å². The van der Waals surface area contributed by atoms with E-state index in [2.05, 4.69) is 9.97 Å². The molecule has 0 bridgehead atoms. The average Bonchev–Trinajstić information content (AvgIpc) is 3.01. The van der Waals surface area contributed by atoms with Crippen molar-refractivity contribution in [2.24, 2.45) is 0 Å². The van der Waals surface area contributed by atoms with Crippen LogP contribution in [0.25, 0.3) is 11.0 Å². The van der Waals surface area contributed by atoms with Crippen LogP contribution in [0.5, 0.6) is 5.88 Å². The van der Waals surface area contributed by atoms with Crippen LogP contribution in [-0.4, -0.2) is 50.7 Å². The molecule has 2 heterocycles. The van der Waals surface area contributed by atoms with Crippen LogP contribution >= 0.6 is 0 Å². The van der Waals surface area contributed by atoms with Crippen LogP contribution in [0.3, 0.4) is 0 Å². The van der Waals surface area contributed by atoms with Gasteiger partial charge in [0.15, 0.2) is 0 Å². The zero-order chi connectivity index (χ0) is 18.9. The van der Waals surface area contributed by atoms with E-state index in [1.54, 1.807) is 4.90 Å². The summed E-state index contributed by atoms with van der Waals surface area (Å²) in [5, 5.41) is 10.8. The summed E-state index contributed by atoms with van der Waals surface area (Å²) in [4.78, 5) is 32.5. The molecule has 3 rings (SSSR count). The van der Waals surface area contributed by atoms with Crippen molar-refractivity contribution in [3.05, 3.63) is 34.5 Å². The molecule has 1 aromatic carbocycles. The normalized spacial score (nSPS) is 17.3. The van der Waals surface area contributed by atoms with Crippen molar-refractivity contribution in [2.75, 3.05) is 13.1 Å². The van der Waals surface area contributed by atoms with E-state index in [1.807, 2.05) is 20.8 Å². The molecule has 138 valence electrons. The van der Waals surface area contributed by atoms with Gasteiger partial charge in [-0.1, -0.05) is 0 Å². The highest BCUT2D eigenvalue weighted by molar-refractivity contribution is 5.77. The Morgan fingerprint density at radius 1 is 1.35 bits per heavy atom. The van der Waals surface area contributed by atoms with Gasteiger partial charge in [0, 0.05) is 25.1 Å². The minimum absolute atomic E-state index is 0.0377. The maximum Gasteiger partial charge on any atom is 0.410 e. The van der Waals surface area contributed by atoms with Crippen LogP contribution in [0.1, 0.15) is 27.2 Å². The molecule has 0 unspecified atom stereocenters. The van der Waals surface area contributed by atoms with Crippen molar-refractivity contribution in [3.63, 3.8) is 0 Å². The number of rotatable bonds is 3. The molecule has 1 aliphatic heterocycles. The van der Waals surface area contributed by atoms with E-state index in [9.17, 15) is 14.9 Å². The number of carbonyl (C=O) groups excluding carboxylic acids is 1. The minimum Gasteiger partial charge on any atom is -0.471 e. The summed E-state index contributed by atoms with van der Waals surface area (Å²) >= 11 is 0. The lowest BCUT2D eigenvalue weighted by molar-refractivity contribution is -0.384. The van der Waals surface area contributed by atoms with Gasteiger partial charge >= 0.3 is 6.09 Å². The van der Waals surface area contributed by atoms with Crippen molar-refractivity contribution in [1.82, 2.24) is 14.9 Å². The first-order chi connectivity index (χ1) is 12.2. The molecular formula is C17H20N4O5. The zero-order valence-corrected chi connectivity index (χ0v) is 14.8. The molecule has 1 atom stereocenters. The molecule has 9 nitrogen and oxygen atoms in total. The number of hydrogen-bond donors (Lipinski definition) is 0. The fourth-order valence-corrected chi connectivity index (χ4v) is 2.64. The highest BCUT2D eigenvalue weighted by Crippen LogP contribution is 2.22. The number of aromatic nitrogens is 2. The maximum absolute atomic E-state index is 12.1. The molecule has 0 N–H and O–H groups in total. The fraction of sp³-hybridized carbons (Fsp3) is 0.471. The second kappa shape index (κ2) is 6.74. The van der Waals surface area contributed by atoms with E-state index >= 15 is 0 Å². The second-order valence-electron chi connectivity index (χ2n) is 7.09. The van der Waals surface area contributed by atoms with Gasteiger partial charge < -0.3 is 14.4 Å². The fourth-order valence-electron chi connectivity index (χ4n) is 2.64. The number of benzene rings is 1. The highest BCUT2D eigenvalue weighted by atomic mass is 16.6. The van der Waals surface area contributed by atoms with E-state index in [0.717, 1.165) is 0 Å². The second-order valence-corrected chi connectivity index (χ2v) is 7.09. The summed E-state index contributed by atoms with van der Waals surface area (Å²) in [6.07, 6.45) is 1.54. The predicted octanol–water partition coefficient (Wildman–Crippen LogP) is 2.93. The van der Waals surface area contributed by atoms with Crippen molar-refractivity contribution >= 4 is 22.8 Å². The molecule has 9 heteroatoms. The standard InChI is InChI=1S/C17H20N4O5/c1-17(2,3)26-16(22)20-7-6-12(10-20)25-15-9-18-14-8-11(21(23)24)4-5-13(14)19-15/h4-5,8-9,12H,6-7,10H2,1-3H3/t12-/m0/s1. The van der Waals surface area contributed by atoms with Gasteiger partial charge in [-0.05, 0) is 26.8 Å². The van der Waals surface area contributed by atoms with Crippen molar-refractivity contribution in [2.45, 2.75) is 38.9 Å². The van der Waals surface area contributed by atoms with Crippen LogP contribution in [0.15, 0.2) is 24.4 Å². The number of nitrogens with zero attached hydrogens (tertiary/aromatic N) is 4. The van der Waals surface area contributed by atoms with Crippen molar-refractivity contribution < 1.29 is 19.2 Å². The number of hydrogen-bond acceptors (Lipinski definition) is 7. The Kier molecular flexibility index (Phi) is 4.62. The summed E-state index contributed by atoms with van der Waals surface area (Å²) in [7, 11) is 0. The zero-order valence-electron chi connectivity index (χ0n) is 14.8. The van der Waals surface area contributed by atoms with Crippen molar-refractivity contribution in [3.8, 4) is 5.88 Å². The molecule has 0 radical (unpaired) electrons. The Balaban J connectivity index is 1.65. The van der Waals surface area contributed by atoms with Gasteiger partial charge in [0.05, 0.1) is 28.7 Å². The first-order valence-corrected chi connectivity index (χ1v) is 8.27. The lowest BCUT2D eigenvalue weighted by Gasteiger charge is -2.24. The topological polar surface area (TPSA) is 108 Å². The molecule has 1 amide bonds. The Labute approximate surface area is 150 Å². The molecule has 0 saturated carbocycles. The van der Waals surface area contributed by atoms with Gasteiger partial charge in [0.1, 0.15) is 11.7 Å². The number of amides is 1. The van der Waals surface area contributed by atoms with Crippen LogP contribution < -0.4 is 4.74 Å². The largest absolute Gasteiger partial charge is 0.471 e. The van der Waals surface area contributed by atoms with E-state index in [4.69, 9.17) is 9.47 Å². The number of ether oxygens (including phenoxy) is 2. The quantitative estimate of drug-likeness (QED) is 0.611. The molecular weight excluding hydrogens is 340 g/mol. The lowest BCUT2D eigenvalue weighted by Crippen LogP contribution is -2.36. The average molecular weight is 360 g/mol. The summed E-state index contributed by atoms with van der Waals surface area (Å²) < 4.78 is 11.2. The van der Waals surface area contributed by atoms with Gasteiger partial charge in [-0.15, -0.1) is 0 Å². The number of likely N-dealkylation sites (tertiary alicyclic amines) is 1. The molecule has 26 heavy (non-hydrogen) atoms. The molecule has 0 spiro atoms. The van der Waals surface area contributed by atoms with Crippen LogP contribution in [0, 0.1) is 10.1 Å². The summed E-state index contributed by atoms with van der Waals surface area (Å²) in [5.41, 5.74) is 0.357.